The van der Waals surface area contributed by atoms with E-state index in [0.29, 0.717) is 0 Å². The number of nitrogens with zero attached hydrogens (tertiary/aromatic N) is 1. The zero-order valence-electron chi connectivity index (χ0n) is 8.26. The monoisotopic (exact) mass is 206 g/mol. The summed E-state index contributed by atoms with van der Waals surface area (Å²) < 4.78 is 0. The summed E-state index contributed by atoms with van der Waals surface area (Å²) in [6.45, 7) is -0.611. The number of nitroso groups, excluding NO2 is 1. The van der Waals surface area contributed by atoms with Crippen LogP contribution in [-0.2, 0) is 0 Å². The molecule has 0 heterocycles. The molecule has 0 radical (unpaired) electrons. The average molecular weight is 206 g/mol. The number of hydrogen-bond donors (Lipinski definition) is 4. The normalized spacial score (nSPS) is 31.6. The first kappa shape index (κ1) is 13.4. The molecule has 1 aliphatic rings. The molecular formula is C8H18N2O4. The highest BCUT2D eigenvalue weighted by Gasteiger charge is 2.28. The lowest BCUT2D eigenvalue weighted by atomic mass is 9.90. The Morgan fingerprint density at radius 3 is 2.00 bits per heavy atom. The van der Waals surface area contributed by atoms with E-state index in [4.69, 9.17) is 10.0 Å². The van der Waals surface area contributed by atoms with Crippen molar-refractivity contribution in [3.8, 4) is 0 Å². The molecule has 0 amide bonds. The first-order valence-electron chi connectivity index (χ1n) is 4.60. The van der Waals surface area contributed by atoms with Gasteiger partial charge in [0.25, 0.3) is 0 Å². The SMILES string of the molecule is CNC1[C@H](O)CCC[C@@H]1O.O=NCO. The summed E-state index contributed by atoms with van der Waals surface area (Å²) in [6.07, 6.45) is 1.81. The number of aliphatic hydroxyl groups excluding tert-OH is 3. The number of likely N-dealkylation sites (N-methyl/N-ethyl adjacent to an activating group) is 1. The van der Waals surface area contributed by atoms with E-state index in [2.05, 4.69) is 5.32 Å². The molecule has 1 saturated carbocycles. The molecule has 0 aromatic heterocycles. The fourth-order valence-corrected chi connectivity index (χ4v) is 1.54. The molecule has 0 saturated heterocycles. The molecule has 1 fully saturated rings. The molecule has 0 aliphatic heterocycles. The zero-order chi connectivity index (χ0) is 11.0. The van der Waals surface area contributed by atoms with E-state index in [9.17, 15) is 10.2 Å². The van der Waals surface area contributed by atoms with Crippen LogP contribution in [-0.4, -0.2) is 47.3 Å². The lowest BCUT2D eigenvalue weighted by Gasteiger charge is -2.31. The maximum Gasteiger partial charge on any atom is 0.176 e. The van der Waals surface area contributed by atoms with Gasteiger partial charge >= 0.3 is 0 Å². The summed E-state index contributed by atoms with van der Waals surface area (Å²) in [5, 5.41) is 31.0. The Labute approximate surface area is 82.9 Å². The smallest absolute Gasteiger partial charge is 0.176 e. The Balaban J connectivity index is 0.000000364. The van der Waals surface area contributed by atoms with Crippen molar-refractivity contribution in [2.24, 2.45) is 5.18 Å². The molecule has 84 valence electrons. The van der Waals surface area contributed by atoms with E-state index in [1.807, 2.05) is 5.18 Å². The summed E-state index contributed by atoms with van der Waals surface area (Å²) >= 11 is 0. The number of hydrogen-bond acceptors (Lipinski definition) is 6. The highest BCUT2D eigenvalue weighted by atomic mass is 16.3. The van der Waals surface area contributed by atoms with Crippen molar-refractivity contribution in [2.45, 2.75) is 37.5 Å². The quantitative estimate of drug-likeness (QED) is 0.442. The van der Waals surface area contributed by atoms with Crippen molar-refractivity contribution in [3.63, 3.8) is 0 Å². The second-order valence-electron chi connectivity index (χ2n) is 3.15. The predicted octanol–water partition coefficient (Wildman–Crippen LogP) is -0.817. The Bertz CT molecular complexity index is 146. The molecule has 0 spiro atoms. The molecule has 6 heteroatoms. The summed E-state index contributed by atoms with van der Waals surface area (Å²) in [5.41, 5.74) is 0. The molecule has 6 nitrogen and oxygen atoms in total. The molecule has 0 aromatic rings. The summed E-state index contributed by atoms with van der Waals surface area (Å²) in [7, 11) is 1.77. The van der Waals surface area contributed by atoms with Crippen LogP contribution >= 0.6 is 0 Å². The Kier molecular flexibility index (Phi) is 7.50. The van der Waals surface area contributed by atoms with Crippen LogP contribution in [0.1, 0.15) is 19.3 Å². The molecule has 14 heavy (non-hydrogen) atoms. The molecule has 1 rings (SSSR count). The van der Waals surface area contributed by atoms with Crippen molar-refractivity contribution in [1.82, 2.24) is 5.32 Å². The maximum atomic E-state index is 9.32. The average Bonchev–Trinajstić information content (AvgIpc) is 2.19. The van der Waals surface area contributed by atoms with Crippen LogP contribution < -0.4 is 5.32 Å². The molecular weight excluding hydrogens is 188 g/mol. The Morgan fingerprint density at radius 2 is 1.79 bits per heavy atom. The van der Waals surface area contributed by atoms with E-state index in [0.717, 1.165) is 19.3 Å². The Morgan fingerprint density at radius 1 is 1.36 bits per heavy atom. The van der Waals surface area contributed by atoms with Crippen LogP contribution in [0, 0.1) is 4.91 Å². The van der Waals surface area contributed by atoms with E-state index in [1.54, 1.807) is 7.05 Å². The fourth-order valence-electron chi connectivity index (χ4n) is 1.54. The molecule has 4 N–H and O–H groups in total. The van der Waals surface area contributed by atoms with Gasteiger partial charge in [0, 0.05) is 0 Å². The van der Waals surface area contributed by atoms with Gasteiger partial charge in [-0.2, -0.15) is 0 Å². The van der Waals surface area contributed by atoms with Crippen LogP contribution in [0.5, 0.6) is 0 Å². The lowest BCUT2D eigenvalue weighted by molar-refractivity contribution is 0.00477. The van der Waals surface area contributed by atoms with Crippen molar-refractivity contribution >= 4 is 0 Å². The number of nitrogens with one attached hydrogen (secondary N) is 1. The molecule has 1 unspecified atom stereocenters. The standard InChI is InChI=1S/C7H15NO2.CH3NO2/c1-8-7-5(9)3-2-4-6(7)10;3-1-2-4/h5-10H,2-4H2,1H3;3H,1H2/t5-,6+,7?;. The molecule has 0 aromatic carbocycles. The fraction of sp³-hybridized carbons (Fsp3) is 1.00. The zero-order valence-corrected chi connectivity index (χ0v) is 8.26. The van der Waals surface area contributed by atoms with Crippen molar-refractivity contribution in [2.75, 3.05) is 13.8 Å². The third kappa shape index (κ3) is 4.61. The van der Waals surface area contributed by atoms with Gasteiger partial charge in [-0.1, -0.05) is 0 Å². The van der Waals surface area contributed by atoms with Gasteiger partial charge in [0.05, 0.1) is 18.2 Å². The van der Waals surface area contributed by atoms with Gasteiger partial charge in [0.1, 0.15) is 0 Å². The van der Waals surface area contributed by atoms with Crippen molar-refractivity contribution in [1.29, 1.82) is 0 Å². The first-order chi connectivity index (χ1) is 6.67. The van der Waals surface area contributed by atoms with Crippen LogP contribution in [0.15, 0.2) is 5.18 Å². The minimum absolute atomic E-state index is 0.117. The lowest BCUT2D eigenvalue weighted by Crippen LogP contribution is -2.49. The minimum Gasteiger partial charge on any atom is -0.391 e. The van der Waals surface area contributed by atoms with Crippen LogP contribution in [0.25, 0.3) is 0 Å². The summed E-state index contributed by atoms with van der Waals surface area (Å²) in [5.74, 6) is 0. The first-order valence-corrected chi connectivity index (χ1v) is 4.60. The Hall–Kier alpha value is -0.560. The summed E-state index contributed by atoms with van der Waals surface area (Å²) in [6, 6.07) is -0.117. The van der Waals surface area contributed by atoms with E-state index < -0.39 is 6.73 Å². The highest BCUT2D eigenvalue weighted by Crippen LogP contribution is 2.18. The van der Waals surface area contributed by atoms with E-state index in [-0.39, 0.29) is 18.2 Å². The van der Waals surface area contributed by atoms with Gasteiger partial charge in [-0.05, 0) is 31.5 Å². The second kappa shape index (κ2) is 7.81. The summed E-state index contributed by atoms with van der Waals surface area (Å²) in [4.78, 5) is 8.67. The van der Waals surface area contributed by atoms with Gasteiger partial charge < -0.3 is 20.6 Å². The van der Waals surface area contributed by atoms with Crippen LogP contribution in [0.3, 0.4) is 0 Å². The third-order valence-corrected chi connectivity index (χ3v) is 2.22. The molecule has 1 aliphatic carbocycles. The third-order valence-electron chi connectivity index (χ3n) is 2.22. The maximum absolute atomic E-state index is 9.32. The van der Waals surface area contributed by atoms with E-state index in [1.165, 1.54) is 0 Å². The van der Waals surface area contributed by atoms with Gasteiger partial charge in [0.2, 0.25) is 0 Å². The van der Waals surface area contributed by atoms with Crippen LogP contribution in [0.2, 0.25) is 0 Å². The topological polar surface area (TPSA) is 102 Å². The van der Waals surface area contributed by atoms with E-state index >= 15 is 0 Å². The van der Waals surface area contributed by atoms with Gasteiger partial charge in [-0.15, -0.1) is 4.91 Å². The van der Waals surface area contributed by atoms with Gasteiger partial charge in [-0.3, -0.25) is 0 Å². The molecule has 0 bridgehead atoms. The number of aliphatic hydroxyl groups is 3. The predicted molar refractivity (Wildman–Crippen MR) is 51.6 cm³/mol. The van der Waals surface area contributed by atoms with Gasteiger partial charge in [-0.25, -0.2) is 0 Å². The van der Waals surface area contributed by atoms with Crippen LogP contribution in [0.4, 0.5) is 0 Å². The van der Waals surface area contributed by atoms with Crippen molar-refractivity contribution in [3.05, 3.63) is 4.91 Å². The minimum atomic E-state index is -0.611. The largest absolute Gasteiger partial charge is 0.391 e. The second-order valence-corrected chi connectivity index (χ2v) is 3.15. The number of rotatable bonds is 2. The van der Waals surface area contributed by atoms with Gasteiger partial charge in [0.15, 0.2) is 6.73 Å². The van der Waals surface area contributed by atoms with Crippen molar-refractivity contribution < 1.29 is 15.3 Å². The molecule has 3 atom stereocenters. The highest BCUT2D eigenvalue weighted by molar-refractivity contribution is 4.85.